The molecule has 0 spiro atoms. The van der Waals surface area contributed by atoms with Crippen LogP contribution in [0.4, 0.5) is 0 Å². The van der Waals surface area contributed by atoms with E-state index in [0.29, 0.717) is 5.16 Å². The third kappa shape index (κ3) is 3.48. The molecule has 1 nitrogen and oxygen atoms in total. The number of hydrogen-bond donors (Lipinski definition) is 0. The fourth-order valence-electron chi connectivity index (χ4n) is 0.896. The van der Waals surface area contributed by atoms with Gasteiger partial charge in [-0.3, -0.25) is 4.98 Å². The first-order chi connectivity index (χ1) is 5.52. The molecule has 0 amide bonds. The van der Waals surface area contributed by atoms with Crippen molar-refractivity contribution in [3.63, 3.8) is 0 Å². The highest BCUT2D eigenvalue weighted by Gasteiger charge is 2.21. The fourth-order valence-corrected chi connectivity index (χ4v) is 2.13. The first-order valence-electron chi connectivity index (χ1n) is 4.16. The molecule has 0 aliphatic carbocycles. The van der Waals surface area contributed by atoms with Crippen LogP contribution >= 0.6 is 7.92 Å². The van der Waals surface area contributed by atoms with Crippen molar-refractivity contribution in [2.75, 3.05) is 6.66 Å². The smallest absolute Gasteiger partial charge is 0.0633 e. The standard InChI is InChI=1S/C10H16NP.B/c1-10(2,3)12(4)9-7-5-6-8-11-9;/h5-8H,1-4H3;. The Bertz CT molecular complexity index is 243. The van der Waals surface area contributed by atoms with Crippen LogP contribution in [0.1, 0.15) is 20.8 Å². The van der Waals surface area contributed by atoms with Crippen molar-refractivity contribution in [2.24, 2.45) is 0 Å². The Hall–Kier alpha value is -0.355. The zero-order chi connectivity index (χ0) is 9.19. The van der Waals surface area contributed by atoms with Crippen molar-refractivity contribution in [1.82, 2.24) is 4.98 Å². The summed E-state index contributed by atoms with van der Waals surface area (Å²) in [5, 5.41) is 0.365. The maximum atomic E-state index is 4.37. The molecule has 0 saturated carbocycles. The summed E-state index contributed by atoms with van der Waals surface area (Å²) < 4.78 is 0. The van der Waals surface area contributed by atoms with Gasteiger partial charge in [0.1, 0.15) is 0 Å². The highest BCUT2D eigenvalue weighted by atomic mass is 31.1. The average molecular weight is 192 g/mol. The molecule has 1 unspecified atom stereocenters. The minimum atomic E-state index is -0.128. The average Bonchev–Trinajstić information content (AvgIpc) is 2.03. The normalized spacial score (nSPS) is 13.2. The van der Waals surface area contributed by atoms with E-state index in [0.717, 1.165) is 0 Å². The molecule has 1 atom stereocenters. The van der Waals surface area contributed by atoms with E-state index in [1.807, 2.05) is 12.3 Å². The molecule has 13 heavy (non-hydrogen) atoms. The van der Waals surface area contributed by atoms with Crippen molar-refractivity contribution in [1.29, 1.82) is 0 Å². The fraction of sp³-hybridized carbons (Fsp3) is 0.500. The van der Waals surface area contributed by atoms with Gasteiger partial charge in [0.2, 0.25) is 0 Å². The Kier molecular flexibility index (Phi) is 4.63. The van der Waals surface area contributed by atoms with E-state index in [-0.39, 0.29) is 16.3 Å². The van der Waals surface area contributed by atoms with Gasteiger partial charge in [0.15, 0.2) is 0 Å². The molecular formula is C10H16BNP. The molecule has 0 fully saturated rings. The predicted octanol–water partition coefficient (Wildman–Crippen LogP) is 2.24. The molecule has 0 aliphatic rings. The lowest BCUT2D eigenvalue weighted by molar-refractivity contribution is 0.790. The van der Waals surface area contributed by atoms with Gasteiger partial charge >= 0.3 is 0 Å². The van der Waals surface area contributed by atoms with Crippen LogP contribution in [-0.2, 0) is 0 Å². The van der Waals surface area contributed by atoms with E-state index in [1.165, 1.54) is 5.44 Å². The minimum absolute atomic E-state index is 0. The summed E-state index contributed by atoms with van der Waals surface area (Å²) in [5.74, 6) is 0. The molecule has 0 aliphatic heterocycles. The second kappa shape index (κ2) is 4.76. The van der Waals surface area contributed by atoms with E-state index in [9.17, 15) is 0 Å². The van der Waals surface area contributed by atoms with Gasteiger partial charge in [-0.05, 0) is 24.0 Å². The Morgan fingerprint density at radius 3 is 2.23 bits per heavy atom. The quantitative estimate of drug-likeness (QED) is 0.491. The molecule has 1 heterocycles. The van der Waals surface area contributed by atoms with Crippen molar-refractivity contribution >= 4 is 21.8 Å². The lowest BCUT2D eigenvalue weighted by Crippen LogP contribution is -2.20. The zero-order valence-corrected chi connectivity index (χ0v) is 9.68. The molecule has 1 rings (SSSR count). The molecule has 69 valence electrons. The maximum Gasteiger partial charge on any atom is 0.0633 e. The summed E-state index contributed by atoms with van der Waals surface area (Å²) in [5.41, 5.74) is 1.25. The summed E-state index contributed by atoms with van der Waals surface area (Å²) >= 11 is 0. The Morgan fingerprint density at radius 1 is 1.23 bits per heavy atom. The third-order valence-corrected chi connectivity index (χ3v) is 4.96. The Morgan fingerprint density at radius 2 is 1.85 bits per heavy atom. The summed E-state index contributed by atoms with van der Waals surface area (Å²) in [6, 6.07) is 6.15. The minimum Gasteiger partial charge on any atom is -0.257 e. The number of nitrogens with zero attached hydrogens (tertiary/aromatic N) is 1. The van der Waals surface area contributed by atoms with Gasteiger partial charge in [-0.25, -0.2) is 0 Å². The van der Waals surface area contributed by atoms with Crippen molar-refractivity contribution in [2.45, 2.75) is 25.9 Å². The van der Waals surface area contributed by atoms with E-state index in [4.69, 9.17) is 0 Å². The van der Waals surface area contributed by atoms with Crippen LogP contribution in [0, 0.1) is 0 Å². The summed E-state index contributed by atoms with van der Waals surface area (Å²) in [6.45, 7) is 9.10. The second-order valence-corrected chi connectivity index (χ2v) is 6.84. The predicted molar refractivity (Wildman–Crippen MR) is 62.2 cm³/mol. The Balaban J connectivity index is 0.00000144. The van der Waals surface area contributed by atoms with E-state index < -0.39 is 0 Å². The van der Waals surface area contributed by atoms with Gasteiger partial charge in [-0.2, -0.15) is 0 Å². The van der Waals surface area contributed by atoms with Gasteiger partial charge < -0.3 is 0 Å². The summed E-state index contributed by atoms with van der Waals surface area (Å²) in [7, 11) is -0.128. The first kappa shape index (κ1) is 12.6. The molecule has 0 aromatic carbocycles. The van der Waals surface area contributed by atoms with Crippen LogP contribution in [0.25, 0.3) is 0 Å². The van der Waals surface area contributed by atoms with Crippen LogP contribution < -0.4 is 5.44 Å². The summed E-state index contributed by atoms with van der Waals surface area (Å²) in [4.78, 5) is 4.37. The highest BCUT2D eigenvalue weighted by Crippen LogP contribution is 2.43. The van der Waals surface area contributed by atoms with E-state index in [2.05, 4.69) is 44.6 Å². The molecule has 3 radical (unpaired) electrons. The van der Waals surface area contributed by atoms with Gasteiger partial charge in [-0.1, -0.05) is 34.8 Å². The molecule has 0 saturated heterocycles. The Labute approximate surface area is 84.3 Å². The molecule has 0 bridgehead atoms. The van der Waals surface area contributed by atoms with Crippen molar-refractivity contribution < 1.29 is 0 Å². The molecule has 1 aromatic heterocycles. The number of pyridine rings is 1. The van der Waals surface area contributed by atoms with Gasteiger partial charge in [0.05, 0.1) is 5.44 Å². The van der Waals surface area contributed by atoms with Crippen molar-refractivity contribution in [3.05, 3.63) is 24.4 Å². The number of hydrogen-bond acceptors (Lipinski definition) is 1. The van der Waals surface area contributed by atoms with Crippen LogP contribution in [-0.4, -0.2) is 25.2 Å². The van der Waals surface area contributed by atoms with E-state index in [1.54, 1.807) is 0 Å². The molecular weight excluding hydrogens is 176 g/mol. The zero-order valence-electron chi connectivity index (χ0n) is 8.78. The second-order valence-electron chi connectivity index (χ2n) is 3.92. The first-order valence-corrected chi connectivity index (χ1v) is 5.95. The maximum absolute atomic E-state index is 4.37. The number of aromatic nitrogens is 1. The third-order valence-electron chi connectivity index (χ3n) is 2.00. The topological polar surface area (TPSA) is 12.9 Å². The van der Waals surface area contributed by atoms with Gasteiger partial charge in [0.25, 0.3) is 0 Å². The van der Waals surface area contributed by atoms with Crippen LogP contribution in [0.3, 0.4) is 0 Å². The van der Waals surface area contributed by atoms with Crippen LogP contribution in [0.5, 0.6) is 0 Å². The van der Waals surface area contributed by atoms with Gasteiger partial charge in [0, 0.05) is 14.6 Å². The SMILES string of the molecule is CP(c1ccccn1)C(C)(C)C.[B]. The lowest BCUT2D eigenvalue weighted by atomic mass is 10.3. The largest absolute Gasteiger partial charge is 0.257 e. The number of rotatable bonds is 1. The van der Waals surface area contributed by atoms with Crippen LogP contribution in [0.15, 0.2) is 24.4 Å². The molecule has 1 aromatic rings. The van der Waals surface area contributed by atoms with Crippen LogP contribution in [0.2, 0.25) is 0 Å². The van der Waals surface area contributed by atoms with Crippen molar-refractivity contribution in [3.8, 4) is 0 Å². The lowest BCUT2D eigenvalue weighted by Gasteiger charge is -2.26. The highest BCUT2D eigenvalue weighted by molar-refractivity contribution is 7.66. The monoisotopic (exact) mass is 192 g/mol. The summed E-state index contributed by atoms with van der Waals surface area (Å²) in [6.07, 6.45) is 1.87. The molecule has 0 N–H and O–H groups in total. The van der Waals surface area contributed by atoms with Gasteiger partial charge in [-0.15, -0.1) is 0 Å². The molecule has 3 heteroatoms. The van der Waals surface area contributed by atoms with E-state index >= 15 is 0 Å².